The number of carbonyl (C=O) groups excluding carboxylic acids is 1. The molecule has 0 radical (unpaired) electrons. The van der Waals surface area contributed by atoms with Gasteiger partial charge in [-0.3, -0.25) is 4.98 Å². The summed E-state index contributed by atoms with van der Waals surface area (Å²) in [4.78, 5) is 16.8. The van der Waals surface area contributed by atoms with Gasteiger partial charge in [-0.25, -0.2) is 4.79 Å². The summed E-state index contributed by atoms with van der Waals surface area (Å²) >= 11 is 0. The first kappa shape index (κ1) is 25.0. The number of pyridine rings is 1. The lowest BCUT2D eigenvalue weighted by Crippen LogP contribution is -2.20. The normalized spacial score (nSPS) is 12.7. The van der Waals surface area contributed by atoms with Crippen molar-refractivity contribution >= 4 is 28.3 Å². The first-order chi connectivity index (χ1) is 18.2. The molecule has 11 heteroatoms. The van der Waals surface area contributed by atoms with E-state index in [0.29, 0.717) is 64.1 Å². The van der Waals surface area contributed by atoms with Gasteiger partial charge in [0.05, 0.1) is 23.6 Å². The lowest BCUT2D eigenvalue weighted by molar-refractivity contribution is -0.137. The molecule has 0 unspecified atom stereocenters. The van der Waals surface area contributed by atoms with E-state index in [-0.39, 0.29) is 5.69 Å². The second-order valence-electron chi connectivity index (χ2n) is 8.37. The number of ether oxygens (including phenoxy) is 4. The van der Waals surface area contributed by atoms with Gasteiger partial charge >= 0.3 is 12.2 Å². The molecular weight excluding hydrogens is 503 g/mol. The topological polar surface area (TPSA) is 90.9 Å². The Balaban J connectivity index is 1.32. The molecule has 2 heterocycles. The van der Waals surface area contributed by atoms with Crippen molar-refractivity contribution in [3.8, 4) is 28.7 Å². The fourth-order valence-corrected chi connectivity index (χ4v) is 3.96. The van der Waals surface area contributed by atoms with E-state index >= 15 is 0 Å². The average Bonchev–Trinajstić information content (AvgIpc) is 2.90. The van der Waals surface area contributed by atoms with E-state index in [1.54, 1.807) is 49.5 Å². The van der Waals surface area contributed by atoms with Crippen LogP contribution in [0.15, 0.2) is 60.8 Å². The summed E-state index contributed by atoms with van der Waals surface area (Å²) in [6, 6.07) is 12.4. The number of aromatic nitrogens is 1. The number of alkyl halides is 3. The number of halogens is 3. The fourth-order valence-electron chi connectivity index (χ4n) is 3.96. The average molecular weight is 525 g/mol. The van der Waals surface area contributed by atoms with Crippen molar-refractivity contribution in [3.63, 3.8) is 0 Å². The number of carbonyl (C=O) groups is 1. The maximum atomic E-state index is 13.0. The molecule has 8 nitrogen and oxygen atoms in total. The first-order valence-corrected chi connectivity index (χ1v) is 11.5. The number of hydrogen-bond donors (Lipinski definition) is 2. The van der Waals surface area contributed by atoms with Gasteiger partial charge in [0.15, 0.2) is 11.5 Å². The Kier molecular flexibility index (Phi) is 6.58. The minimum atomic E-state index is -4.51. The standard InChI is InChI=1S/C27H22F3N3O5/c1-15-3-4-16(27(28,29)30)13-19(15)33-26(34)32-17-5-7-18(8-6-17)38-21-9-10-31-20-14-22(35-2)24-25(23(20)21)37-12-11-36-24/h3-10,13-14H,11-12H2,1-2H3,(H2,32,33,34). The molecule has 2 amide bonds. The number of urea groups is 1. The number of aryl methyl sites for hydroxylation is 1. The zero-order valence-electron chi connectivity index (χ0n) is 20.3. The SMILES string of the molecule is COc1cc2nccc(Oc3ccc(NC(=O)Nc4cc(C(F)(F)F)ccc4C)cc3)c2c2c1OCCO2. The second-order valence-corrected chi connectivity index (χ2v) is 8.37. The van der Waals surface area contributed by atoms with Crippen LogP contribution >= 0.6 is 0 Å². The Morgan fingerprint density at radius 2 is 1.68 bits per heavy atom. The van der Waals surface area contributed by atoms with Crippen LogP contribution in [-0.4, -0.2) is 31.3 Å². The number of benzene rings is 3. The number of nitrogens with one attached hydrogen (secondary N) is 2. The molecule has 0 bridgehead atoms. The van der Waals surface area contributed by atoms with Crippen molar-refractivity contribution in [2.75, 3.05) is 31.0 Å². The Bertz CT molecular complexity index is 1510. The quantitative estimate of drug-likeness (QED) is 0.299. The van der Waals surface area contributed by atoms with Crippen LogP contribution in [0.1, 0.15) is 11.1 Å². The molecule has 3 aromatic carbocycles. The molecular formula is C27H22F3N3O5. The summed E-state index contributed by atoms with van der Waals surface area (Å²) in [7, 11) is 1.54. The third-order valence-corrected chi connectivity index (χ3v) is 5.82. The van der Waals surface area contributed by atoms with E-state index in [4.69, 9.17) is 18.9 Å². The summed E-state index contributed by atoms with van der Waals surface area (Å²) in [6.07, 6.45) is -2.91. The monoisotopic (exact) mass is 525 g/mol. The maximum absolute atomic E-state index is 13.0. The molecule has 0 spiro atoms. The number of fused-ring (bicyclic) bond motifs is 3. The number of amides is 2. The number of methoxy groups -OCH3 is 1. The van der Waals surface area contributed by atoms with Crippen LogP contribution in [0, 0.1) is 6.92 Å². The van der Waals surface area contributed by atoms with E-state index in [2.05, 4.69) is 15.6 Å². The zero-order valence-corrected chi connectivity index (χ0v) is 20.3. The van der Waals surface area contributed by atoms with Crippen molar-refractivity contribution in [2.45, 2.75) is 13.1 Å². The number of rotatable bonds is 5. The Morgan fingerprint density at radius 1 is 0.947 bits per heavy atom. The number of anilines is 2. The largest absolute Gasteiger partial charge is 0.493 e. The van der Waals surface area contributed by atoms with Gasteiger partial charge in [0.1, 0.15) is 24.7 Å². The molecule has 1 aliphatic heterocycles. The summed E-state index contributed by atoms with van der Waals surface area (Å²) < 4.78 is 62.2. The van der Waals surface area contributed by atoms with Crippen molar-refractivity contribution in [1.29, 1.82) is 0 Å². The van der Waals surface area contributed by atoms with E-state index in [9.17, 15) is 18.0 Å². The van der Waals surface area contributed by atoms with Crippen LogP contribution < -0.4 is 29.6 Å². The van der Waals surface area contributed by atoms with Crippen molar-refractivity contribution < 1.29 is 36.9 Å². The summed E-state index contributed by atoms with van der Waals surface area (Å²) in [5.41, 5.74) is 0.727. The Morgan fingerprint density at radius 3 is 2.39 bits per heavy atom. The molecule has 0 saturated carbocycles. The molecule has 0 atom stereocenters. The van der Waals surface area contributed by atoms with Crippen molar-refractivity contribution in [1.82, 2.24) is 4.98 Å². The lowest BCUT2D eigenvalue weighted by atomic mass is 10.1. The maximum Gasteiger partial charge on any atom is 0.416 e. The molecule has 196 valence electrons. The highest BCUT2D eigenvalue weighted by Gasteiger charge is 2.31. The molecule has 5 rings (SSSR count). The van der Waals surface area contributed by atoms with Gasteiger partial charge in [-0.1, -0.05) is 6.07 Å². The van der Waals surface area contributed by atoms with Crippen molar-refractivity contribution in [3.05, 3.63) is 71.9 Å². The van der Waals surface area contributed by atoms with E-state index in [1.807, 2.05) is 0 Å². The van der Waals surface area contributed by atoms with Gasteiger partial charge < -0.3 is 29.6 Å². The van der Waals surface area contributed by atoms with Gasteiger partial charge in [-0.2, -0.15) is 13.2 Å². The van der Waals surface area contributed by atoms with Crippen LogP contribution in [0.3, 0.4) is 0 Å². The predicted octanol–water partition coefficient (Wildman–Crippen LogP) is 6.78. The molecule has 0 fully saturated rings. The summed E-state index contributed by atoms with van der Waals surface area (Å²) in [5, 5.41) is 5.69. The van der Waals surface area contributed by atoms with Crippen LogP contribution in [0.25, 0.3) is 10.9 Å². The fraction of sp³-hybridized carbons (Fsp3) is 0.185. The second kappa shape index (κ2) is 10.0. The summed E-state index contributed by atoms with van der Waals surface area (Å²) in [6.45, 7) is 2.36. The zero-order chi connectivity index (χ0) is 26.9. The van der Waals surface area contributed by atoms with Crippen molar-refractivity contribution in [2.24, 2.45) is 0 Å². The number of hydrogen-bond acceptors (Lipinski definition) is 6. The third-order valence-electron chi connectivity index (χ3n) is 5.82. The van der Waals surface area contributed by atoms with Gasteiger partial charge in [-0.05, 0) is 55.0 Å². The predicted molar refractivity (Wildman–Crippen MR) is 135 cm³/mol. The third kappa shape index (κ3) is 5.08. The smallest absolute Gasteiger partial charge is 0.416 e. The van der Waals surface area contributed by atoms with Crippen LogP contribution in [0.4, 0.5) is 29.3 Å². The molecule has 4 aromatic rings. The molecule has 0 saturated heterocycles. The highest BCUT2D eigenvalue weighted by Crippen LogP contribution is 2.48. The van der Waals surface area contributed by atoms with Crippen LogP contribution in [0.5, 0.6) is 28.7 Å². The van der Waals surface area contributed by atoms with Crippen LogP contribution in [-0.2, 0) is 6.18 Å². The highest BCUT2D eigenvalue weighted by atomic mass is 19.4. The lowest BCUT2D eigenvalue weighted by Gasteiger charge is -2.23. The van der Waals surface area contributed by atoms with Gasteiger partial charge in [-0.15, -0.1) is 0 Å². The van der Waals surface area contributed by atoms with Crippen LogP contribution in [0.2, 0.25) is 0 Å². The van der Waals surface area contributed by atoms with E-state index in [0.717, 1.165) is 12.1 Å². The van der Waals surface area contributed by atoms with Gasteiger partial charge in [0, 0.05) is 23.6 Å². The Hall–Kier alpha value is -4.67. The Labute approximate surface area is 215 Å². The van der Waals surface area contributed by atoms with E-state index < -0.39 is 17.8 Å². The van der Waals surface area contributed by atoms with Gasteiger partial charge in [0.2, 0.25) is 5.75 Å². The molecule has 1 aromatic heterocycles. The minimum Gasteiger partial charge on any atom is -0.493 e. The molecule has 38 heavy (non-hydrogen) atoms. The molecule has 1 aliphatic rings. The number of nitrogens with zero attached hydrogens (tertiary/aromatic N) is 1. The summed E-state index contributed by atoms with van der Waals surface area (Å²) in [5.74, 6) is 2.42. The molecule has 2 N–H and O–H groups in total. The molecule has 0 aliphatic carbocycles. The van der Waals surface area contributed by atoms with E-state index in [1.165, 1.54) is 13.2 Å². The first-order valence-electron chi connectivity index (χ1n) is 11.5. The minimum absolute atomic E-state index is 0.0630. The van der Waals surface area contributed by atoms with Gasteiger partial charge in [0.25, 0.3) is 0 Å². The highest BCUT2D eigenvalue weighted by molar-refractivity contribution is 6.00.